The third kappa shape index (κ3) is 2.23. The van der Waals surface area contributed by atoms with Gasteiger partial charge in [-0.3, -0.25) is 4.79 Å². The fraction of sp³-hybridized carbons (Fsp3) is 0.190. The monoisotopic (exact) mass is 325 g/mol. The minimum absolute atomic E-state index is 0.112. The zero-order valence-corrected chi connectivity index (χ0v) is 13.4. The van der Waals surface area contributed by atoms with Gasteiger partial charge in [-0.25, -0.2) is 0 Å². The van der Waals surface area contributed by atoms with E-state index in [9.17, 15) is 15.3 Å². The molecule has 0 amide bonds. The van der Waals surface area contributed by atoms with Crippen molar-refractivity contribution < 1.29 is 4.79 Å². The fourth-order valence-electron chi connectivity index (χ4n) is 3.95. The molecular formula is C21H15N3O. The lowest BCUT2D eigenvalue weighted by molar-refractivity contribution is 0.0869. The van der Waals surface area contributed by atoms with Crippen LogP contribution in [-0.2, 0) is 0 Å². The zero-order chi connectivity index (χ0) is 17.4. The molecule has 0 aromatic heterocycles. The summed E-state index contributed by atoms with van der Waals surface area (Å²) in [6.45, 7) is 0. The quantitative estimate of drug-likeness (QED) is 0.792. The summed E-state index contributed by atoms with van der Waals surface area (Å²) >= 11 is 0. The van der Waals surface area contributed by atoms with Crippen LogP contribution in [0.5, 0.6) is 0 Å². The summed E-state index contributed by atoms with van der Waals surface area (Å²) in [6.07, 6.45) is 3.81. The van der Waals surface area contributed by atoms with Crippen LogP contribution in [-0.4, -0.2) is 16.7 Å². The van der Waals surface area contributed by atoms with Gasteiger partial charge in [0.25, 0.3) is 0 Å². The van der Waals surface area contributed by atoms with E-state index in [2.05, 4.69) is 12.1 Å². The minimum Gasteiger partial charge on any atom is -0.357 e. The number of nitriles is 2. The lowest BCUT2D eigenvalue weighted by Gasteiger charge is -2.33. The molecule has 0 saturated carbocycles. The Hall–Kier alpha value is -3.37. The van der Waals surface area contributed by atoms with Crippen LogP contribution in [0.25, 0.3) is 6.08 Å². The predicted octanol–water partition coefficient (Wildman–Crippen LogP) is 3.56. The van der Waals surface area contributed by atoms with Crippen molar-refractivity contribution in [1.82, 2.24) is 4.90 Å². The molecule has 0 radical (unpaired) electrons. The first-order valence-electron chi connectivity index (χ1n) is 8.19. The van der Waals surface area contributed by atoms with E-state index in [1.807, 2.05) is 59.6 Å². The van der Waals surface area contributed by atoms with Crippen LogP contribution in [0.4, 0.5) is 0 Å². The number of hydrogen-bond acceptors (Lipinski definition) is 4. The molecule has 2 aromatic rings. The Morgan fingerprint density at radius 1 is 0.920 bits per heavy atom. The SMILES string of the molecule is N#C[C@H]1[C@H](C#N)[C@H](C(=O)c2ccccc2)N2C=Cc3ccccc3[C@H]12. The van der Waals surface area contributed by atoms with E-state index in [1.54, 1.807) is 12.1 Å². The third-order valence-corrected chi connectivity index (χ3v) is 5.08. The summed E-state index contributed by atoms with van der Waals surface area (Å²) < 4.78 is 0. The molecule has 4 rings (SSSR count). The van der Waals surface area contributed by atoms with E-state index < -0.39 is 17.9 Å². The first-order chi connectivity index (χ1) is 12.3. The molecule has 4 heteroatoms. The van der Waals surface area contributed by atoms with Gasteiger partial charge in [0.15, 0.2) is 5.78 Å². The highest BCUT2D eigenvalue weighted by atomic mass is 16.1. The predicted molar refractivity (Wildman–Crippen MR) is 92.8 cm³/mol. The Labute approximate surface area is 146 Å². The van der Waals surface area contributed by atoms with Gasteiger partial charge in [-0.1, -0.05) is 54.6 Å². The second-order valence-electron chi connectivity index (χ2n) is 6.32. The molecule has 120 valence electrons. The zero-order valence-electron chi connectivity index (χ0n) is 13.4. The Morgan fingerprint density at radius 3 is 2.32 bits per heavy atom. The summed E-state index contributed by atoms with van der Waals surface area (Å²) in [5.41, 5.74) is 2.60. The number of carbonyl (C=O) groups excluding carboxylic acids is 1. The Kier molecular flexibility index (Phi) is 3.60. The van der Waals surface area contributed by atoms with E-state index in [1.165, 1.54) is 0 Å². The number of carbonyl (C=O) groups is 1. The third-order valence-electron chi connectivity index (χ3n) is 5.08. The van der Waals surface area contributed by atoms with Crippen LogP contribution >= 0.6 is 0 Å². The van der Waals surface area contributed by atoms with Crippen molar-refractivity contribution in [3.8, 4) is 12.1 Å². The second kappa shape index (κ2) is 5.92. The van der Waals surface area contributed by atoms with Crippen molar-refractivity contribution in [2.75, 3.05) is 0 Å². The largest absolute Gasteiger partial charge is 0.357 e. The number of fused-ring (bicyclic) bond motifs is 3. The van der Waals surface area contributed by atoms with Crippen LogP contribution in [0.2, 0.25) is 0 Å². The highest BCUT2D eigenvalue weighted by molar-refractivity contribution is 6.01. The first kappa shape index (κ1) is 15.2. The maximum absolute atomic E-state index is 13.1. The molecule has 1 fully saturated rings. The number of rotatable bonds is 2. The standard InChI is InChI=1S/C21H15N3O/c22-12-17-18(13-23)20(21(25)15-7-2-1-3-8-15)24-11-10-14-6-4-5-9-16(14)19(17)24/h1-11,17-20H/t17-,18-,19+,20+/m0/s1. The number of hydrogen-bond donors (Lipinski definition) is 0. The number of nitrogens with zero attached hydrogens (tertiary/aromatic N) is 3. The van der Waals surface area contributed by atoms with Crippen molar-refractivity contribution in [2.24, 2.45) is 11.8 Å². The summed E-state index contributed by atoms with van der Waals surface area (Å²) in [6, 6.07) is 20.4. The fourth-order valence-corrected chi connectivity index (χ4v) is 3.95. The summed E-state index contributed by atoms with van der Waals surface area (Å²) in [7, 11) is 0. The molecule has 0 bridgehead atoms. The molecule has 2 heterocycles. The van der Waals surface area contributed by atoms with E-state index in [0.29, 0.717) is 5.56 Å². The highest BCUT2D eigenvalue weighted by Crippen LogP contribution is 2.48. The van der Waals surface area contributed by atoms with Crippen molar-refractivity contribution >= 4 is 11.9 Å². The van der Waals surface area contributed by atoms with Gasteiger partial charge in [0.05, 0.1) is 30.0 Å². The van der Waals surface area contributed by atoms with Crippen molar-refractivity contribution in [2.45, 2.75) is 12.1 Å². The highest BCUT2D eigenvalue weighted by Gasteiger charge is 2.53. The molecule has 0 unspecified atom stereocenters. The van der Waals surface area contributed by atoms with Gasteiger partial charge in [0, 0.05) is 11.8 Å². The van der Waals surface area contributed by atoms with E-state index in [-0.39, 0.29) is 11.8 Å². The van der Waals surface area contributed by atoms with Gasteiger partial charge in [-0.2, -0.15) is 10.5 Å². The molecular weight excluding hydrogens is 310 g/mol. The van der Waals surface area contributed by atoms with E-state index in [0.717, 1.165) is 11.1 Å². The van der Waals surface area contributed by atoms with Gasteiger partial charge < -0.3 is 4.90 Å². The van der Waals surface area contributed by atoms with Gasteiger partial charge in [-0.15, -0.1) is 0 Å². The van der Waals surface area contributed by atoms with Crippen molar-refractivity contribution in [1.29, 1.82) is 10.5 Å². The molecule has 4 atom stereocenters. The number of Topliss-reactive ketones (excluding diaryl/α,β-unsaturated/α-hetero) is 1. The molecule has 25 heavy (non-hydrogen) atoms. The molecule has 1 saturated heterocycles. The van der Waals surface area contributed by atoms with Crippen LogP contribution in [0.15, 0.2) is 60.8 Å². The Bertz CT molecular complexity index is 936. The second-order valence-corrected chi connectivity index (χ2v) is 6.32. The summed E-state index contributed by atoms with van der Waals surface area (Å²) in [4.78, 5) is 15.0. The smallest absolute Gasteiger partial charge is 0.186 e. The summed E-state index contributed by atoms with van der Waals surface area (Å²) in [5.74, 6) is -1.33. The van der Waals surface area contributed by atoms with Crippen LogP contribution < -0.4 is 0 Å². The first-order valence-corrected chi connectivity index (χ1v) is 8.19. The normalized spacial score (nSPS) is 26.2. The maximum Gasteiger partial charge on any atom is 0.186 e. The molecule has 2 aromatic carbocycles. The molecule has 2 aliphatic heterocycles. The van der Waals surface area contributed by atoms with Crippen LogP contribution in [0.1, 0.15) is 27.5 Å². The van der Waals surface area contributed by atoms with Crippen molar-refractivity contribution in [3.63, 3.8) is 0 Å². The van der Waals surface area contributed by atoms with E-state index in [4.69, 9.17) is 0 Å². The molecule has 0 aliphatic carbocycles. The average Bonchev–Trinajstić information content (AvgIpc) is 3.01. The number of benzene rings is 2. The molecule has 0 spiro atoms. The number of ketones is 1. The van der Waals surface area contributed by atoms with Gasteiger partial charge >= 0.3 is 0 Å². The molecule has 0 N–H and O–H groups in total. The topological polar surface area (TPSA) is 67.9 Å². The van der Waals surface area contributed by atoms with E-state index >= 15 is 0 Å². The maximum atomic E-state index is 13.1. The lowest BCUT2D eigenvalue weighted by atomic mass is 9.83. The minimum atomic E-state index is -0.668. The molecule has 2 aliphatic rings. The van der Waals surface area contributed by atoms with Gasteiger partial charge in [0.2, 0.25) is 0 Å². The van der Waals surface area contributed by atoms with Gasteiger partial charge in [-0.05, 0) is 17.2 Å². The van der Waals surface area contributed by atoms with Crippen LogP contribution in [0, 0.1) is 34.5 Å². The average molecular weight is 325 g/mol. The van der Waals surface area contributed by atoms with Gasteiger partial charge in [0.1, 0.15) is 6.04 Å². The molecule has 4 nitrogen and oxygen atoms in total. The lowest BCUT2D eigenvalue weighted by Crippen LogP contribution is -2.38. The Morgan fingerprint density at radius 2 is 1.60 bits per heavy atom. The van der Waals surface area contributed by atoms with Crippen molar-refractivity contribution in [3.05, 3.63) is 77.5 Å². The summed E-state index contributed by atoms with van der Waals surface area (Å²) in [5, 5.41) is 19.5. The van der Waals surface area contributed by atoms with Crippen LogP contribution in [0.3, 0.4) is 0 Å². The Balaban J connectivity index is 1.83.